The number of hydrogen-bond donors (Lipinski definition) is 3. The zero-order valence-corrected chi connectivity index (χ0v) is 36.3. The molecule has 2 aromatic carbocycles. The lowest BCUT2D eigenvalue weighted by Gasteiger charge is -2.30. The van der Waals surface area contributed by atoms with Crippen molar-refractivity contribution < 1.29 is 57.4 Å². The highest BCUT2D eigenvalue weighted by Crippen LogP contribution is 2.45. The van der Waals surface area contributed by atoms with E-state index in [9.17, 15) is 53.2 Å². The summed E-state index contributed by atoms with van der Waals surface area (Å²) in [5.41, 5.74) is 6.80. The third-order valence-corrected chi connectivity index (χ3v) is 13.5. The minimum Gasteiger partial charge on any atom is -0.432 e. The predicted molar refractivity (Wildman–Crippen MR) is 224 cm³/mol. The minimum atomic E-state index is -3.96. The summed E-state index contributed by atoms with van der Waals surface area (Å²) in [7, 11) is -7.82. The summed E-state index contributed by atoms with van der Waals surface area (Å²) in [5, 5.41) is 15.2. The third-order valence-electron chi connectivity index (χ3n) is 10.8. The number of carbonyl (C=O) groups excluding carboxylic acids is 1. The maximum atomic E-state index is 14.6. The lowest BCUT2D eigenvalue weighted by Crippen LogP contribution is -2.40. The normalized spacial score (nSPS) is 14.8. The van der Waals surface area contributed by atoms with Gasteiger partial charge in [-0.25, -0.2) is 35.5 Å². The van der Waals surface area contributed by atoms with E-state index < -0.39 is 67.8 Å². The lowest BCUT2D eigenvalue weighted by molar-refractivity contribution is -0.0527. The maximum absolute atomic E-state index is 14.6. The zero-order valence-electron chi connectivity index (χ0n) is 34.7. The van der Waals surface area contributed by atoms with Gasteiger partial charge in [0.15, 0.2) is 23.1 Å². The molecule has 2 aliphatic rings. The summed E-state index contributed by atoms with van der Waals surface area (Å²) in [5.74, 6) is -4.23. The molecule has 8 rings (SSSR count). The highest BCUT2D eigenvalue weighted by atomic mass is 32.2. The van der Waals surface area contributed by atoms with Crippen LogP contribution in [0.15, 0.2) is 70.7 Å². The quantitative estimate of drug-likeness (QED) is 0.100. The molecule has 4 aromatic heterocycles. The van der Waals surface area contributed by atoms with E-state index in [2.05, 4.69) is 24.2 Å². The number of halogens is 6. The van der Waals surface area contributed by atoms with E-state index in [1.165, 1.54) is 24.3 Å². The van der Waals surface area contributed by atoms with Gasteiger partial charge in [-0.3, -0.25) is 14.8 Å². The van der Waals surface area contributed by atoms with Crippen molar-refractivity contribution in [3.63, 3.8) is 0 Å². The van der Waals surface area contributed by atoms with Gasteiger partial charge in [0.2, 0.25) is 20.0 Å². The van der Waals surface area contributed by atoms with Crippen molar-refractivity contribution in [2.75, 3.05) is 0 Å². The molecule has 5 N–H and O–H groups in total. The molecule has 1 amide bonds. The van der Waals surface area contributed by atoms with Gasteiger partial charge in [-0.2, -0.15) is 22.8 Å². The number of rotatable bonds is 12. The van der Waals surface area contributed by atoms with E-state index in [0.717, 1.165) is 75.2 Å². The molecule has 0 aliphatic heterocycles. The number of nitrogens with zero attached hydrogens (tertiary/aromatic N) is 5. The Bertz CT molecular complexity index is 3090. The first-order valence-electron chi connectivity index (χ1n) is 19.8. The van der Waals surface area contributed by atoms with E-state index in [-0.39, 0.29) is 60.9 Å². The number of benzene rings is 2. The molecule has 0 saturated heterocycles. The number of hydrogen-bond acceptors (Lipinski definition) is 10. The number of nitrogens with two attached hydrogens (primary N) is 2. The third kappa shape index (κ3) is 9.47. The number of carbonyl (C=O) groups is 1. The molecule has 0 spiro atoms. The van der Waals surface area contributed by atoms with Crippen molar-refractivity contribution >= 4 is 47.8 Å². The number of aromatic nitrogens is 4. The van der Waals surface area contributed by atoms with Crippen LogP contribution >= 0.6 is 0 Å². The van der Waals surface area contributed by atoms with Gasteiger partial charge in [0, 0.05) is 52.9 Å². The molecule has 2 fully saturated rings. The SMILES string of the molecule is CC(C)(C)NS(=O)(=O)c1ccc(-c2c(C(N)=O)c3cc(F)c(OC(F)F)cc3n2C2CCC2)nc1.N#Cc1c(-c2ccc(S(N)(=O)=O)cn2)n(C2CCC2)c2cc(OC(F)F)c(F)cc12. The van der Waals surface area contributed by atoms with Crippen molar-refractivity contribution in [3.05, 3.63) is 83.7 Å². The van der Waals surface area contributed by atoms with Crippen molar-refractivity contribution in [1.82, 2.24) is 23.8 Å². The standard InChI is InChI=1S/C23H25F3N4O4S.C19H15F3N4O3S/c1-23(2,3)29-35(32,33)13-7-8-16(28-11-13)20-19(21(27)31)14-9-15(24)18(34-22(25)26)10-17(14)30(20)12-5-4-6-12;20-14-6-12-13(8-23)18(15-5-4-11(9-25-15)30(24,27)28)26(10-2-1-3-10)16(12)7-17(14)29-19(21)22/h7-12,22,29H,4-6H2,1-3H3,(H2,27,31);4-7,9-10,19H,1-3H2,(H2,24,27,28). The molecule has 0 atom stereocenters. The molecule has 65 heavy (non-hydrogen) atoms. The van der Waals surface area contributed by atoms with E-state index in [1.54, 1.807) is 29.9 Å². The van der Waals surface area contributed by atoms with Crippen LogP contribution in [0, 0.1) is 23.0 Å². The Morgan fingerprint density at radius 1 is 0.785 bits per heavy atom. The Labute approximate surface area is 368 Å². The maximum Gasteiger partial charge on any atom is 0.387 e. The monoisotopic (exact) mass is 946 g/mol. The molecule has 0 radical (unpaired) electrons. The van der Waals surface area contributed by atoms with E-state index in [1.807, 2.05) is 6.07 Å². The van der Waals surface area contributed by atoms with Gasteiger partial charge in [-0.1, -0.05) is 0 Å². The molecule has 2 aliphatic carbocycles. The second-order valence-electron chi connectivity index (χ2n) is 16.3. The molecule has 23 heteroatoms. The Kier molecular flexibility index (Phi) is 12.7. The van der Waals surface area contributed by atoms with Gasteiger partial charge in [0.25, 0.3) is 5.91 Å². The molecule has 2 saturated carbocycles. The molecule has 0 bridgehead atoms. The van der Waals surface area contributed by atoms with Crippen LogP contribution in [0.3, 0.4) is 0 Å². The Morgan fingerprint density at radius 2 is 1.25 bits per heavy atom. The number of nitrogens with one attached hydrogen (secondary N) is 1. The fourth-order valence-electron chi connectivity index (χ4n) is 7.74. The fraction of sp³-hybridized carbons (Fsp3) is 0.333. The Morgan fingerprint density at radius 3 is 1.65 bits per heavy atom. The minimum absolute atomic E-state index is 0.0367. The molecule has 15 nitrogen and oxygen atoms in total. The van der Waals surface area contributed by atoms with Crippen LogP contribution in [0.2, 0.25) is 0 Å². The van der Waals surface area contributed by atoms with Crippen LogP contribution in [0.25, 0.3) is 44.6 Å². The highest BCUT2D eigenvalue weighted by Gasteiger charge is 2.33. The number of primary amides is 1. The number of ether oxygens (including phenoxy) is 2. The van der Waals surface area contributed by atoms with Crippen molar-refractivity contribution in [2.45, 2.75) is 99.9 Å². The number of nitriles is 1. The number of alkyl halides is 4. The lowest BCUT2D eigenvalue weighted by atomic mass is 9.92. The van der Waals surface area contributed by atoms with Crippen LogP contribution in [-0.4, -0.2) is 60.6 Å². The first kappa shape index (κ1) is 46.8. The Hall–Kier alpha value is -6.22. The predicted octanol–water partition coefficient (Wildman–Crippen LogP) is 8.03. The number of fused-ring (bicyclic) bond motifs is 2. The van der Waals surface area contributed by atoms with Gasteiger partial charge >= 0.3 is 13.2 Å². The van der Waals surface area contributed by atoms with Crippen LogP contribution in [0.4, 0.5) is 26.3 Å². The number of primary sulfonamides is 1. The zero-order chi connectivity index (χ0) is 47.3. The second-order valence-corrected chi connectivity index (χ2v) is 19.6. The van der Waals surface area contributed by atoms with Crippen LogP contribution in [0.1, 0.15) is 87.3 Å². The molecular weight excluding hydrogens is 907 g/mol. The van der Waals surface area contributed by atoms with Gasteiger partial charge in [-0.15, -0.1) is 0 Å². The number of amides is 1. The van der Waals surface area contributed by atoms with Gasteiger partial charge < -0.3 is 24.3 Å². The summed E-state index contributed by atoms with van der Waals surface area (Å²) in [6.45, 7) is -1.33. The summed E-state index contributed by atoms with van der Waals surface area (Å²) < 4.78 is 143. The summed E-state index contributed by atoms with van der Waals surface area (Å²) in [6.07, 6.45) is 7.09. The number of sulfonamides is 2. The molecule has 6 aromatic rings. The molecule has 344 valence electrons. The Balaban J connectivity index is 0.000000196. The van der Waals surface area contributed by atoms with E-state index >= 15 is 0 Å². The van der Waals surface area contributed by atoms with Gasteiger partial charge in [0.05, 0.1) is 44.9 Å². The van der Waals surface area contributed by atoms with Crippen LogP contribution in [-0.2, 0) is 20.0 Å². The van der Waals surface area contributed by atoms with E-state index in [4.69, 9.17) is 10.9 Å². The van der Waals surface area contributed by atoms with Gasteiger partial charge in [0.1, 0.15) is 15.9 Å². The van der Waals surface area contributed by atoms with Crippen LogP contribution < -0.4 is 25.1 Å². The fourth-order valence-corrected chi connectivity index (χ4v) is 9.56. The van der Waals surface area contributed by atoms with Gasteiger partial charge in [-0.05, 0) is 95.7 Å². The summed E-state index contributed by atoms with van der Waals surface area (Å²) in [6, 6.07) is 11.5. The molecule has 0 unspecified atom stereocenters. The largest absolute Gasteiger partial charge is 0.432 e. The average Bonchev–Trinajstić information content (AvgIpc) is 3.64. The second kappa shape index (κ2) is 17.6. The molecular formula is C42H40F6N8O7S2. The van der Waals surface area contributed by atoms with E-state index in [0.29, 0.717) is 16.7 Å². The first-order valence-corrected chi connectivity index (χ1v) is 22.9. The first-order chi connectivity index (χ1) is 30.5. The van der Waals surface area contributed by atoms with Crippen molar-refractivity contribution in [3.8, 4) is 40.3 Å². The highest BCUT2D eigenvalue weighted by molar-refractivity contribution is 7.89. The summed E-state index contributed by atoms with van der Waals surface area (Å²) >= 11 is 0. The average molecular weight is 947 g/mol. The van der Waals surface area contributed by atoms with Crippen molar-refractivity contribution in [2.24, 2.45) is 10.9 Å². The van der Waals surface area contributed by atoms with Crippen molar-refractivity contribution in [1.29, 1.82) is 5.26 Å². The molecule has 4 heterocycles. The smallest absolute Gasteiger partial charge is 0.387 e. The topological polar surface area (TPSA) is 227 Å². The summed E-state index contributed by atoms with van der Waals surface area (Å²) in [4.78, 5) is 20.7. The van der Waals surface area contributed by atoms with Crippen LogP contribution in [0.5, 0.6) is 11.5 Å². The number of pyridine rings is 2.